The SMILES string of the molecule is C[C@]12CC[C@@H]3[C@H](CCC4CCCC[C@@]43C)C1CC[C@@H]2C1=CC(=O)OC1.[NaH]. The van der Waals surface area contributed by atoms with Gasteiger partial charge in [-0.3, -0.25) is 0 Å². The molecule has 0 N–H and O–H groups in total. The Hall–Kier alpha value is 0.210. The fourth-order valence-electron chi connectivity index (χ4n) is 8.49. The number of fused-ring (bicyclic) bond motifs is 5. The first kappa shape index (κ1) is 19.5. The first-order valence-corrected chi connectivity index (χ1v) is 10.9. The van der Waals surface area contributed by atoms with E-state index in [1.807, 2.05) is 6.08 Å². The third-order valence-electron chi connectivity index (χ3n) is 9.72. The molecule has 1 aliphatic heterocycles. The molecule has 0 bridgehead atoms. The standard InChI is InChI=1S/C23H34O2.Na.H/c1-22-11-4-3-5-16(22)6-7-17-19-9-8-18(15-13-21(24)25-14-15)23(19,2)12-10-20(17)22;;/h13,16-20H,3-12,14H2,1-2H3;;/t16?,17-,18-,19?,20-,22+,23-;;/m1../s1. The minimum atomic E-state index is -0.106. The van der Waals surface area contributed by atoms with E-state index in [4.69, 9.17) is 4.74 Å². The predicted octanol–water partition coefficient (Wildman–Crippen LogP) is 4.87. The number of ether oxygens (including phenoxy) is 1. The van der Waals surface area contributed by atoms with E-state index >= 15 is 0 Å². The fourth-order valence-corrected chi connectivity index (χ4v) is 8.49. The summed E-state index contributed by atoms with van der Waals surface area (Å²) in [6.07, 6.45) is 16.2. The molecule has 0 radical (unpaired) electrons. The molecule has 4 fully saturated rings. The molecule has 0 aromatic heterocycles. The summed E-state index contributed by atoms with van der Waals surface area (Å²) in [5.74, 6) is 4.30. The Morgan fingerprint density at radius 3 is 2.50 bits per heavy atom. The van der Waals surface area contributed by atoms with Crippen molar-refractivity contribution in [2.75, 3.05) is 6.61 Å². The zero-order valence-electron chi connectivity index (χ0n) is 16.1. The molecule has 0 amide bonds. The molecule has 0 aromatic carbocycles. The van der Waals surface area contributed by atoms with Gasteiger partial charge in [0.25, 0.3) is 0 Å². The summed E-state index contributed by atoms with van der Waals surface area (Å²) in [6, 6.07) is 0. The van der Waals surface area contributed by atoms with Gasteiger partial charge in [0.1, 0.15) is 6.61 Å². The molecule has 1 heterocycles. The number of esters is 1. The molecule has 5 rings (SSSR count). The summed E-state index contributed by atoms with van der Waals surface area (Å²) in [6.45, 7) is 5.79. The van der Waals surface area contributed by atoms with Gasteiger partial charge in [0, 0.05) is 6.08 Å². The van der Waals surface area contributed by atoms with Gasteiger partial charge < -0.3 is 4.74 Å². The zero-order chi connectivity index (χ0) is 17.2. The molecule has 7 atom stereocenters. The number of hydrogen-bond acceptors (Lipinski definition) is 2. The van der Waals surface area contributed by atoms with E-state index in [1.165, 1.54) is 69.8 Å². The second kappa shape index (κ2) is 6.92. The molecule has 140 valence electrons. The first-order valence-electron chi connectivity index (χ1n) is 10.9. The Morgan fingerprint density at radius 2 is 1.73 bits per heavy atom. The molecule has 0 saturated heterocycles. The van der Waals surface area contributed by atoms with Crippen molar-refractivity contribution in [3.8, 4) is 0 Å². The summed E-state index contributed by atoms with van der Waals surface area (Å²) >= 11 is 0. The Bertz CT molecular complexity index is 613. The number of carbonyl (C=O) groups excluding carboxylic acids is 1. The van der Waals surface area contributed by atoms with E-state index in [2.05, 4.69) is 13.8 Å². The van der Waals surface area contributed by atoms with E-state index in [1.54, 1.807) is 0 Å². The third kappa shape index (κ3) is 2.72. The van der Waals surface area contributed by atoms with Crippen LogP contribution in [0, 0.1) is 40.4 Å². The van der Waals surface area contributed by atoms with Crippen molar-refractivity contribution >= 4 is 35.5 Å². The van der Waals surface area contributed by atoms with Crippen molar-refractivity contribution in [3.05, 3.63) is 11.6 Å². The van der Waals surface area contributed by atoms with Crippen LogP contribution < -0.4 is 0 Å². The van der Waals surface area contributed by atoms with E-state index in [9.17, 15) is 4.79 Å². The molecule has 4 saturated carbocycles. The van der Waals surface area contributed by atoms with Crippen molar-refractivity contribution < 1.29 is 9.53 Å². The van der Waals surface area contributed by atoms with Crippen molar-refractivity contribution in [2.45, 2.75) is 78.1 Å². The van der Waals surface area contributed by atoms with E-state index in [0.29, 0.717) is 23.4 Å². The van der Waals surface area contributed by atoms with Gasteiger partial charge in [-0.2, -0.15) is 0 Å². The van der Waals surface area contributed by atoms with Gasteiger partial charge in [-0.15, -0.1) is 0 Å². The molecule has 2 nitrogen and oxygen atoms in total. The summed E-state index contributed by atoms with van der Waals surface area (Å²) in [5, 5.41) is 0. The number of cyclic esters (lactones) is 1. The molecule has 2 unspecified atom stereocenters. The molecule has 3 heteroatoms. The third-order valence-corrected chi connectivity index (χ3v) is 9.72. The van der Waals surface area contributed by atoms with Gasteiger partial charge in [-0.05, 0) is 97.4 Å². The van der Waals surface area contributed by atoms with Crippen LogP contribution in [-0.4, -0.2) is 42.1 Å². The maximum atomic E-state index is 11.6. The summed E-state index contributed by atoms with van der Waals surface area (Å²) in [5.41, 5.74) is 2.36. The Balaban J connectivity index is 0.00000168. The van der Waals surface area contributed by atoms with E-state index in [0.717, 1.165) is 23.7 Å². The topological polar surface area (TPSA) is 26.3 Å². The normalized spacial score (nSPS) is 50.0. The van der Waals surface area contributed by atoms with Crippen LogP contribution in [-0.2, 0) is 9.53 Å². The summed E-state index contributed by atoms with van der Waals surface area (Å²) < 4.78 is 5.26. The molecule has 4 aliphatic carbocycles. The second-order valence-corrected chi connectivity index (χ2v) is 10.4. The average Bonchev–Trinajstić information content (AvgIpc) is 3.16. The predicted molar refractivity (Wildman–Crippen MR) is 106 cm³/mol. The monoisotopic (exact) mass is 366 g/mol. The van der Waals surface area contributed by atoms with Crippen LogP contribution in [0.2, 0.25) is 0 Å². The van der Waals surface area contributed by atoms with Crippen molar-refractivity contribution in [3.63, 3.8) is 0 Å². The van der Waals surface area contributed by atoms with Crippen LogP contribution in [0.4, 0.5) is 0 Å². The van der Waals surface area contributed by atoms with Gasteiger partial charge in [0.05, 0.1) is 0 Å². The van der Waals surface area contributed by atoms with Gasteiger partial charge in [0.15, 0.2) is 0 Å². The van der Waals surface area contributed by atoms with Crippen LogP contribution in [0.1, 0.15) is 78.1 Å². The summed E-state index contributed by atoms with van der Waals surface area (Å²) in [4.78, 5) is 11.6. The van der Waals surface area contributed by atoms with Crippen molar-refractivity contribution in [1.29, 1.82) is 0 Å². The quantitative estimate of drug-likeness (QED) is 0.489. The molecule has 5 aliphatic rings. The van der Waals surface area contributed by atoms with Crippen LogP contribution in [0.25, 0.3) is 0 Å². The van der Waals surface area contributed by atoms with Crippen molar-refractivity contribution in [2.24, 2.45) is 40.4 Å². The average molecular weight is 367 g/mol. The van der Waals surface area contributed by atoms with E-state index in [-0.39, 0.29) is 35.5 Å². The first-order chi connectivity index (χ1) is 12.0. The Morgan fingerprint density at radius 1 is 0.923 bits per heavy atom. The minimum absolute atomic E-state index is 0. The Labute approximate surface area is 181 Å². The maximum absolute atomic E-state index is 11.6. The van der Waals surface area contributed by atoms with Crippen LogP contribution in [0.5, 0.6) is 0 Å². The fraction of sp³-hybridized carbons (Fsp3) is 0.870. The van der Waals surface area contributed by atoms with Crippen LogP contribution in [0.3, 0.4) is 0 Å². The molecular weight excluding hydrogens is 331 g/mol. The molecular formula is C23H35NaO2. The van der Waals surface area contributed by atoms with Crippen LogP contribution >= 0.6 is 0 Å². The van der Waals surface area contributed by atoms with Gasteiger partial charge in [0.2, 0.25) is 0 Å². The molecule has 26 heavy (non-hydrogen) atoms. The van der Waals surface area contributed by atoms with Gasteiger partial charge in [-0.1, -0.05) is 26.7 Å². The zero-order valence-corrected chi connectivity index (χ0v) is 16.1. The van der Waals surface area contributed by atoms with E-state index < -0.39 is 0 Å². The number of rotatable bonds is 1. The van der Waals surface area contributed by atoms with Crippen LogP contribution in [0.15, 0.2) is 11.6 Å². The van der Waals surface area contributed by atoms with Gasteiger partial charge in [-0.25, -0.2) is 4.79 Å². The molecule has 0 spiro atoms. The summed E-state index contributed by atoms with van der Waals surface area (Å²) in [7, 11) is 0. The van der Waals surface area contributed by atoms with Crippen molar-refractivity contribution in [1.82, 2.24) is 0 Å². The molecule has 0 aromatic rings. The Kier molecular flexibility index (Phi) is 5.20. The van der Waals surface area contributed by atoms with Gasteiger partial charge >= 0.3 is 35.5 Å². The second-order valence-electron chi connectivity index (χ2n) is 10.4. The number of hydrogen-bond donors (Lipinski definition) is 0. The number of carbonyl (C=O) groups is 1.